The first-order valence-electron chi connectivity index (χ1n) is 10.4. The molecular weight excluding hydrogens is 364 g/mol. The van der Waals surface area contributed by atoms with Crippen LogP contribution in [0.25, 0.3) is 22.5 Å². The van der Waals surface area contributed by atoms with Gasteiger partial charge in [-0.05, 0) is 63.1 Å². The Morgan fingerprint density at radius 2 is 0.900 bits per heavy atom. The van der Waals surface area contributed by atoms with Crippen molar-refractivity contribution in [2.75, 3.05) is 0 Å². The molecule has 0 aliphatic heterocycles. The van der Waals surface area contributed by atoms with Gasteiger partial charge in [-0.2, -0.15) is 0 Å². The first-order chi connectivity index (χ1) is 14.4. The topological polar surface area (TPSA) is 7.76 Å². The summed E-state index contributed by atoms with van der Waals surface area (Å²) in [6.07, 6.45) is 4.16. The molecule has 2 heterocycles. The third kappa shape index (κ3) is 5.01. The second kappa shape index (κ2) is 9.49. The molecule has 0 spiro atoms. The highest BCUT2D eigenvalue weighted by atomic mass is 14.9. The van der Waals surface area contributed by atoms with Crippen LogP contribution in [0.5, 0.6) is 0 Å². The van der Waals surface area contributed by atoms with E-state index in [4.69, 9.17) is 0 Å². The SMILES string of the molecule is Cc1ccc(C)c(-c2cccc[n+]2C)c1.Cc1ccc(C)c(-c2cccc[n+]2C)c1. The Morgan fingerprint density at radius 3 is 1.27 bits per heavy atom. The fourth-order valence-electron chi connectivity index (χ4n) is 3.63. The van der Waals surface area contributed by atoms with Crippen LogP contribution in [0.3, 0.4) is 0 Å². The van der Waals surface area contributed by atoms with E-state index < -0.39 is 0 Å². The maximum atomic E-state index is 2.24. The van der Waals surface area contributed by atoms with Crippen LogP contribution in [-0.2, 0) is 14.1 Å². The lowest BCUT2D eigenvalue weighted by molar-refractivity contribution is -0.660. The van der Waals surface area contributed by atoms with Crippen molar-refractivity contribution >= 4 is 0 Å². The molecule has 152 valence electrons. The monoisotopic (exact) mass is 396 g/mol. The maximum Gasteiger partial charge on any atom is 0.212 e. The summed E-state index contributed by atoms with van der Waals surface area (Å²) in [7, 11) is 4.16. The fraction of sp³-hybridized carbons (Fsp3) is 0.214. The number of benzene rings is 2. The van der Waals surface area contributed by atoms with Crippen molar-refractivity contribution in [1.29, 1.82) is 0 Å². The summed E-state index contributed by atoms with van der Waals surface area (Å²) in [5.41, 5.74) is 10.4. The van der Waals surface area contributed by atoms with Gasteiger partial charge in [-0.15, -0.1) is 0 Å². The summed E-state index contributed by atoms with van der Waals surface area (Å²) in [6.45, 7) is 8.57. The average Bonchev–Trinajstić information content (AvgIpc) is 2.73. The zero-order valence-corrected chi connectivity index (χ0v) is 19.0. The van der Waals surface area contributed by atoms with Crippen LogP contribution in [0.4, 0.5) is 0 Å². The Balaban J connectivity index is 0.000000171. The molecule has 0 bridgehead atoms. The number of hydrogen-bond donors (Lipinski definition) is 0. The minimum atomic E-state index is 1.26. The van der Waals surface area contributed by atoms with Crippen LogP contribution in [0.1, 0.15) is 22.3 Å². The maximum absolute atomic E-state index is 2.24. The molecule has 0 N–H and O–H groups in total. The first-order valence-corrected chi connectivity index (χ1v) is 10.4. The van der Waals surface area contributed by atoms with E-state index in [0.29, 0.717) is 0 Å². The molecule has 0 saturated heterocycles. The number of rotatable bonds is 2. The molecule has 2 aromatic carbocycles. The van der Waals surface area contributed by atoms with Crippen LogP contribution >= 0.6 is 0 Å². The molecule has 4 aromatic rings. The Labute approximate surface area is 181 Å². The smallest absolute Gasteiger partial charge is 0.201 e. The lowest BCUT2D eigenvalue weighted by Gasteiger charge is -2.04. The molecular formula is C28H32N2+2. The third-order valence-electron chi connectivity index (χ3n) is 5.45. The highest BCUT2D eigenvalue weighted by Gasteiger charge is 2.11. The van der Waals surface area contributed by atoms with Gasteiger partial charge in [0.15, 0.2) is 12.4 Å². The van der Waals surface area contributed by atoms with Gasteiger partial charge in [0.05, 0.1) is 0 Å². The summed E-state index contributed by atoms with van der Waals surface area (Å²) >= 11 is 0. The van der Waals surface area contributed by atoms with Gasteiger partial charge in [-0.25, -0.2) is 9.13 Å². The van der Waals surface area contributed by atoms with Gasteiger partial charge in [0.25, 0.3) is 0 Å². The van der Waals surface area contributed by atoms with Crippen molar-refractivity contribution in [3.63, 3.8) is 0 Å². The first kappa shape index (κ1) is 21.4. The van der Waals surface area contributed by atoms with Gasteiger partial charge in [-0.3, -0.25) is 0 Å². The van der Waals surface area contributed by atoms with Crippen molar-refractivity contribution in [3.8, 4) is 22.5 Å². The van der Waals surface area contributed by atoms with E-state index in [9.17, 15) is 0 Å². The fourth-order valence-corrected chi connectivity index (χ4v) is 3.63. The number of nitrogens with zero attached hydrogens (tertiary/aromatic N) is 2. The molecule has 2 nitrogen and oxygen atoms in total. The lowest BCUT2D eigenvalue weighted by atomic mass is 10.0. The lowest BCUT2D eigenvalue weighted by Crippen LogP contribution is -2.30. The normalized spacial score (nSPS) is 10.3. The molecule has 30 heavy (non-hydrogen) atoms. The summed E-state index contributed by atoms with van der Waals surface area (Å²) in [6, 6.07) is 25.7. The van der Waals surface area contributed by atoms with Gasteiger partial charge in [-0.1, -0.05) is 35.4 Å². The summed E-state index contributed by atoms with van der Waals surface area (Å²) in [5.74, 6) is 0. The molecule has 0 unspecified atom stereocenters. The van der Waals surface area contributed by atoms with E-state index in [-0.39, 0.29) is 0 Å². The zero-order chi connectivity index (χ0) is 21.7. The predicted octanol–water partition coefficient (Wildman–Crippen LogP) is 5.59. The average molecular weight is 397 g/mol. The number of pyridine rings is 2. The molecule has 0 atom stereocenters. The van der Waals surface area contributed by atoms with Gasteiger partial charge < -0.3 is 0 Å². The summed E-state index contributed by atoms with van der Waals surface area (Å²) < 4.78 is 4.31. The van der Waals surface area contributed by atoms with Crippen molar-refractivity contribution in [2.24, 2.45) is 14.1 Å². The Hall–Kier alpha value is -3.26. The standard InChI is InChI=1S/2C14H16N/c2*1-11-7-8-12(2)13(10-11)14-6-4-5-9-15(14)3/h2*4-10H,1-3H3/q2*+1. The predicted molar refractivity (Wildman–Crippen MR) is 125 cm³/mol. The Morgan fingerprint density at radius 1 is 0.500 bits per heavy atom. The molecule has 2 aromatic heterocycles. The molecule has 0 amide bonds. The molecule has 2 heteroatoms. The highest BCUT2D eigenvalue weighted by molar-refractivity contribution is 5.62. The van der Waals surface area contributed by atoms with Crippen LogP contribution in [0.2, 0.25) is 0 Å². The van der Waals surface area contributed by atoms with Crippen LogP contribution in [0.15, 0.2) is 85.2 Å². The number of hydrogen-bond acceptors (Lipinski definition) is 0. The summed E-state index contributed by atoms with van der Waals surface area (Å²) in [5, 5.41) is 0. The summed E-state index contributed by atoms with van der Waals surface area (Å²) in [4.78, 5) is 0. The molecule has 0 fully saturated rings. The number of aromatic nitrogens is 2. The molecule has 4 rings (SSSR count). The van der Waals surface area contributed by atoms with Crippen LogP contribution in [0, 0.1) is 27.7 Å². The van der Waals surface area contributed by atoms with Crippen LogP contribution in [-0.4, -0.2) is 0 Å². The van der Waals surface area contributed by atoms with Gasteiger partial charge in [0.2, 0.25) is 11.4 Å². The van der Waals surface area contributed by atoms with Crippen molar-refractivity contribution in [3.05, 3.63) is 107 Å². The quantitative estimate of drug-likeness (QED) is 0.390. The van der Waals surface area contributed by atoms with Crippen molar-refractivity contribution in [2.45, 2.75) is 27.7 Å². The largest absolute Gasteiger partial charge is 0.212 e. The van der Waals surface area contributed by atoms with E-state index in [2.05, 4.69) is 136 Å². The van der Waals surface area contributed by atoms with Crippen molar-refractivity contribution in [1.82, 2.24) is 0 Å². The Kier molecular flexibility index (Phi) is 6.79. The number of aryl methyl sites for hydroxylation is 6. The van der Waals surface area contributed by atoms with E-state index in [1.807, 2.05) is 0 Å². The van der Waals surface area contributed by atoms with E-state index in [1.165, 1.54) is 44.8 Å². The second-order valence-electron chi connectivity index (χ2n) is 8.03. The molecule has 0 aliphatic rings. The van der Waals surface area contributed by atoms with E-state index >= 15 is 0 Å². The van der Waals surface area contributed by atoms with Crippen molar-refractivity contribution < 1.29 is 9.13 Å². The highest BCUT2D eigenvalue weighted by Crippen LogP contribution is 2.22. The molecule has 0 radical (unpaired) electrons. The van der Waals surface area contributed by atoms with E-state index in [0.717, 1.165) is 0 Å². The minimum absolute atomic E-state index is 1.26. The zero-order valence-electron chi connectivity index (χ0n) is 19.0. The van der Waals surface area contributed by atoms with Gasteiger partial charge >= 0.3 is 0 Å². The van der Waals surface area contributed by atoms with Gasteiger partial charge in [0, 0.05) is 35.4 Å². The van der Waals surface area contributed by atoms with Gasteiger partial charge in [0.1, 0.15) is 14.1 Å². The Bertz CT molecular complexity index is 1070. The minimum Gasteiger partial charge on any atom is -0.201 e. The van der Waals surface area contributed by atoms with Crippen LogP contribution < -0.4 is 9.13 Å². The molecule has 0 aliphatic carbocycles. The van der Waals surface area contributed by atoms with E-state index in [1.54, 1.807) is 0 Å². The third-order valence-corrected chi connectivity index (χ3v) is 5.45. The molecule has 0 saturated carbocycles. The second-order valence-corrected chi connectivity index (χ2v) is 8.03.